The van der Waals surface area contributed by atoms with Crippen molar-refractivity contribution in [1.29, 1.82) is 0 Å². The van der Waals surface area contributed by atoms with Crippen LogP contribution in [0.4, 0.5) is 0 Å². The lowest BCUT2D eigenvalue weighted by Gasteiger charge is -2.21. The second-order valence-electron chi connectivity index (χ2n) is 5.72. The largest absolute Gasteiger partial charge is 0.461 e. The Hall–Kier alpha value is -2.13. The lowest BCUT2D eigenvalue weighted by molar-refractivity contribution is 0.390. The molecule has 1 unspecified atom stereocenters. The Labute approximate surface area is 143 Å². The zero-order valence-electron chi connectivity index (χ0n) is 13.3. The summed E-state index contributed by atoms with van der Waals surface area (Å²) in [5.41, 5.74) is 0. The third-order valence-corrected chi connectivity index (χ3v) is 5.07. The highest BCUT2D eigenvalue weighted by Crippen LogP contribution is 2.27. The van der Waals surface area contributed by atoms with Crippen LogP contribution >= 0.6 is 11.8 Å². The fourth-order valence-electron chi connectivity index (χ4n) is 2.83. The van der Waals surface area contributed by atoms with Gasteiger partial charge >= 0.3 is 0 Å². The van der Waals surface area contributed by atoms with Crippen LogP contribution in [0.1, 0.15) is 30.5 Å². The van der Waals surface area contributed by atoms with E-state index < -0.39 is 0 Å². The summed E-state index contributed by atoms with van der Waals surface area (Å²) >= 11 is 1.54. The van der Waals surface area contributed by atoms with E-state index in [4.69, 9.17) is 8.94 Å². The van der Waals surface area contributed by atoms with E-state index in [1.165, 1.54) is 18.2 Å². The number of aromatic nitrogens is 5. The minimum atomic E-state index is 0.430. The van der Waals surface area contributed by atoms with Crippen LogP contribution in [0.15, 0.2) is 32.5 Å². The Morgan fingerprint density at radius 3 is 3.17 bits per heavy atom. The predicted molar refractivity (Wildman–Crippen MR) is 87.4 cm³/mol. The summed E-state index contributed by atoms with van der Waals surface area (Å²) in [6, 6.07) is 3.59. The standard InChI is InChI=1S/C15H18N6O2S/c1-21-14(10-4-2-6-16-8-10)18-19-15(21)24-9-12-17-13(20-23-12)11-5-3-7-22-11/h3,5,7,10,16H,2,4,6,8-9H2,1H3. The van der Waals surface area contributed by atoms with Crippen LogP contribution in [0, 0.1) is 0 Å². The third-order valence-electron chi connectivity index (χ3n) is 4.07. The van der Waals surface area contributed by atoms with Gasteiger partial charge in [0.05, 0.1) is 12.0 Å². The minimum Gasteiger partial charge on any atom is -0.461 e. The van der Waals surface area contributed by atoms with Gasteiger partial charge in [-0.2, -0.15) is 4.98 Å². The summed E-state index contributed by atoms with van der Waals surface area (Å²) in [5, 5.41) is 16.9. The minimum absolute atomic E-state index is 0.430. The van der Waals surface area contributed by atoms with Gasteiger partial charge in [-0.1, -0.05) is 16.9 Å². The van der Waals surface area contributed by atoms with Crippen molar-refractivity contribution in [2.24, 2.45) is 7.05 Å². The lowest BCUT2D eigenvalue weighted by Crippen LogP contribution is -2.29. The highest BCUT2D eigenvalue weighted by Gasteiger charge is 2.22. The summed E-state index contributed by atoms with van der Waals surface area (Å²) in [4.78, 5) is 4.33. The quantitative estimate of drug-likeness (QED) is 0.703. The number of furan rings is 1. The molecule has 4 rings (SSSR count). The van der Waals surface area contributed by atoms with E-state index in [0.717, 1.165) is 30.5 Å². The molecule has 1 aliphatic rings. The molecule has 1 N–H and O–H groups in total. The molecule has 0 amide bonds. The number of rotatable bonds is 5. The van der Waals surface area contributed by atoms with Gasteiger partial charge in [-0.05, 0) is 31.5 Å². The van der Waals surface area contributed by atoms with Crippen LogP contribution in [0.2, 0.25) is 0 Å². The second-order valence-corrected chi connectivity index (χ2v) is 6.66. The maximum atomic E-state index is 5.26. The number of piperidine rings is 1. The molecule has 0 aliphatic carbocycles. The van der Waals surface area contributed by atoms with E-state index in [-0.39, 0.29) is 0 Å². The van der Waals surface area contributed by atoms with Gasteiger partial charge in [0.1, 0.15) is 5.82 Å². The van der Waals surface area contributed by atoms with Gasteiger partial charge in [0, 0.05) is 19.5 Å². The molecule has 4 heterocycles. The first kappa shape index (κ1) is 15.4. The number of hydrogen-bond donors (Lipinski definition) is 1. The molecule has 0 saturated carbocycles. The topological polar surface area (TPSA) is 94.8 Å². The summed E-state index contributed by atoms with van der Waals surface area (Å²) < 4.78 is 12.6. The molecular formula is C15H18N6O2S. The average Bonchev–Trinajstić information content (AvgIpc) is 3.35. The second kappa shape index (κ2) is 6.78. The van der Waals surface area contributed by atoms with Crippen LogP contribution in [-0.4, -0.2) is 38.0 Å². The summed E-state index contributed by atoms with van der Waals surface area (Å²) in [6.45, 7) is 2.05. The fourth-order valence-corrected chi connectivity index (χ4v) is 3.58. The Balaban J connectivity index is 1.42. The van der Waals surface area contributed by atoms with Crippen molar-refractivity contribution >= 4 is 11.8 Å². The van der Waals surface area contributed by atoms with Gasteiger partial charge in [-0.3, -0.25) is 0 Å². The Bertz CT molecular complexity index is 791. The van der Waals surface area contributed by atoms with Crippen molar-refractivity contribution in [3.05, 3.63) is 30.1 Å². The van der Waals surface area contributed by atoms with Crippen LogP contribution in [0.3, 0.4) is 0 Å². The maximum absolute atomic E-state index is 5.26. The van der Waals surface area contributed by atoms with Gasteiger partial charge in [0.15, 0.2) is 10.9 Å². The highest BCUT2D eigenvalue weighted by atomic mass is 32.2. The molecule has 3 aromatic rings. The zero-order chi connectivity index (χ0) is 16.4. The van der Waals surface area contributed by atoms with Gasteiger partial charge in [0.2, 0.25) is 11.7 Å². The lowest BCUT2D eigenvalue weighted by atomic mass is 9.99. The fraction of sp³-hybridized carbons (Fsp3) is 0.467. The molecule has 1 fully saturated rings. The van der Waals surface area contributed by atoms with E-state index in [9.17, 15) is 0 Å². The molecule has 24 heavy (non-hydrogen) atoms. The van der Waals surface area contributed by atoms with Gasteiger partial charge in [-0.25, -0.2) is 0 Å². The van der Waals surface area contributed by atoms with Crippen molar-refractivity contribution in [1.82, 2.24) is 30.2 Å². The highest BCUT2D eigenvalue weighted by molar-refractivity contribution is 7.98. The molecule has 0 spiro atoms. The van der Waals surface area contributed by atoms with Crippen molar-refractivity contribution in [2.45, 2.75) is 29.7 Å². The molecule has 0 aromatic carbocycles. The first-order valence-corrected chi connectivity index (χ1v) is 8.89. The predicted octanol–water partition coefficient (Wildman–Crippen LogP) is 2.22. The zero-order valence-corrected chi connectivity index (χ0v) is 14.1. The molecule has 0 bridgehead atoms. The summed E-state index contributed by atoms with van der Waals surface area (Å²) in [7, 11) is 2.01. The van der Waals surface area contributed by atoms with Crippen molar-refractivity contribution in [3.63, 3.8) is 0 Å². The Morgan fingerprint density at radius 2 is 2.38 bits per heavy atom. The molecule has 126 valence electrons. The monoisotopic (exact) mass is 346 g/mol. The van der Waals surface area contributed by atoms with Gasteiger partial charge < -0.3 is 18.8 Å². The van der Waals surface area contributed by atoms with E-state index >= 15 is 0 Å². The van der Waals surface area contributed by atoms with Crippen LogP contribution in [0.5, 0.6) is 0 Å². The van der Waals surface area contributed by atoms with Crippen LogP contribution in [-0.2, 0) is 12.8 Å². The normalized spacial score (nSPS) is 18.1. The first-order valence-electron chi connectivity index (χ1n) is 7.90. The smallest absolute Gasteiger partial charge is 0.238 e. The Morgan fingerprint density at radius 1 is 1.42 bits per heavy atom. The van der Waals surface area contributed by atoms with Crippen molar-refractivity contribution in [3.8, 4) is 11.6 Å². The number of thioether (sulfide) groups is 1. The molecular weight excluding hydrogens is 328 g/mol. The van der Waals surface area contributed by atoms with Gasteiger partial charge in [0.25, 0.3) is 0 Å². The van der Waals surface area contributed by atoms with E-state index in [1.54, 1.807) is 18.4 Å². The Kier molecular flexibility index (Phi) is 4.35. The van der Waals surface area contributed by atoms with Crippen molar-refractivity contribution in [2.75, 3.05) is 13.1 Å². The van der Waals surface area contributed by atoms with E-state index in [1.807, 2.05) is 7.05 Å². The molecule has 9 heteroatoms. The van der Waals surface area contributed by atoms with Crippen LogP contribution < -0.4 is 5.32 Å². The van der Waals surface area contributed by atoms with Gasteiger partial charge in [-0.15, -0.1) is 10.2 Å². The molecule has 8 nitrogen and oxygen atoms in total. The van der Waals surface area contributed by atoms with E-state index in [2.05, 4.69) is 30.2 Å². The number of nitrogens with zero attached hydrogens (tertiary/aromatic N) is 5. The molecule has 3 aromatic heterocycles. The number of hydrogen-bond acceptors (Lipinski definition) is 8. The van der Waals surface area contributed by atoms with E-state index in [0.29, 0.717) is 29.1 Å². The molecule has 1 aliphatic heterocycles. The molecule has 1 saturated heterocycles. The summed E-state index contributed by atoms with van der Waals surface area (Å²) in [5.74, 6) is 3.60. The third kappa shape index (κ3) is 3.09. The maximum Gasteiger partial charge on any atom is 0.238 e. The average molecular weight is 346 g/mol. The number of nitrogens with one attached hydrogen (secondary N) is 1. The molecule has 1 atom stereocenters. The SMILES string of the molecule is Cn1c(SCc2nc(-c3ccco3)no2)nnc1C1CCCNC1. The van der Waals surface area contributed by atoms with Crippen molar-refractivity contribution < 1.29 is 8.94 Å². The first-order chi connectivity index (χ1) is 11.8. The summed E-state index contributed by atoms with van der Waals surface area (Å²) in [6.07, 6.45) is 3.92. The molecule has 0 radical (unpaired) electrons. The van der Waals surface area contributed by atoms with Crippen LogP contribution in [0.25, 0.3) is 11.6 Å².